The Morgan fingerprint density at radius 1 is 1.35 bits per heavy atom. The maximum absolute atomic E-state index is 14.7. The Labute approximate surface area is 148 Å². The molecule has 0 aliphatic heterocycles. The Bertz CT molecular complexity index is 1230. The maximum atomic E-state index is 14.7. The van der Waals surface area contributed by atoms with Crippen molar-refractivity contribution in [1.82, 2.24) is 14.6 Å². The van der Waals surface area contributed by atoms with Gasteiger partial charge < -0.3 is 4.98 Å². The van der Waals surface area contributed by atoms with Crippen molar-refractivity contribution in [3.8, 4) is 17.3 Å². The zero-order valence-electron chi connectivity index (χ0n) is 14.2. The Balaban J connectivity index is 2.39. The van der Waals surface area contributed by atoms with E-state index in [0.717, 1.165) is 16.8 Å². The van der Waals surface area contributed by atoms with Crippen LogP contribution in [0.25, 0.3) is 16.9 Å². The van der Waals surface area contributed by atoms with Crippen LogP contribution in [0.1, 0.15) is 30.9 Å². The van der Waals surface area contributed by atoms with Gasteiger partial charge in [0.25, 0.3) is 5.56 Å². The fraction of sp³-hybridized carbons (Fsp3) is 0.235. The molecule has 3 aromatic rings. The first kappa shape index (κ1) is 17.8. The molecule has 0 atom stereocenters. The van der Waals surface area contributed by atoms with Gasteiger partial charge in [-0.2, -0.15) is 14.9 Å². The third-order valence-corrected chi connectivity index (χ3v) is 5.15. The fourth-order valence-corrected chi connectivity index (χ4v) is 3.42. The number of benzene rings is 1. The lowest BCUT2D eigenvalue weighted by atomic mass is 9.98. The number of rotatable bonds is 3. The van der Waals surface area contributed by atoms with Crippen LogP contribution in [0.2, 0.25) is 0 Å². The first-order valence-electron chi connectivity index (χ1n) is 7.69. The van der Waals surface area contributed by atoms with Crippen molar-refractivity contribution in [3.05, 3.63) is 51.7 Å². The summed E-state index contributed by atoms with van der Waals surface area (Å²) in [7, 11) is -3.56. The standard InChI is InChI=1S/C17H15FN4O3S/c1-9(2)14-15(12-5-4-11(6-13(12)18)26(3,24)25)21-16-10(7-19)8-20-22(16)17(14)23/h4-6,8-9,21H,1-3H3. The summed E-state index contributed by atoms with van der Waals surface area (Å²) in [6.45, 7) is 3.55. The molecule has 2 aromatic heterocycles. The van der Waals surface area contributed by atoms with E-state index in [0.29, 0.717) is 0 Å². The number of aromatic amines is 1. The molecule has 3 rings (SSSR count). The van der Waals surface area contributed by atoms with E-state index in [1.54, 1.807) is 13.8 Å². The highest BCUT2D eigenvalue weighted by atomic mass is 32.2. The minimum Gasteiger partial charge on any atom is -0.338 e. The van der Waals surface area contributed by atoms with Crippen molar-refractivity contribution in [3.63, 3.8) is 0 Å². The molecule has 2 heterocycles. The first-order valence-corrected chi connectivity index (χ1v) is 9.58. The molecule has 0 bridgehead atoms. The molecule has 134 valence electrons. The third-order valence-electron chi connectivity index (χ3n) is 4.04. The van der Waals surface area contributed by atoms with E-state index in [4.69, 9.17) is 5.26 Å². The lowest BCUT2D eigenvalue weighted by molar-refractivity contribution is 0.596. The fourth-order valence-electron chi connectivity index (χ4n) is 2.79. The van der Waals surface area contributed by atoms with E-state index in [2.05, 4.69) is 10.1 Å². The summed E-state index contributed by atoms with van der Waals surface area (Å²) in [5.74, 6) is -1.05. The number of H-pyrrole nitrogens is 1. The van der Waals surface area contributed by atoms with E-state index < -0.39 is 21.2 Å². The minimum absolute atomic E-state index is 0.0470. The number of nitrogens with zero attached hydrogens (tertiary/aromatic N) is 3. The van der Waals surface area contributed by atoms with Gasteiger partial charge in [0.05, 0.1) is 16.8 Å². The molecule has 1 N–H and O–H groups in total. The highest BCUT2D eigenvalue weighted by Gasteiger charge is 2.22. The number of halogens is 1. The van der Waals surface area contributed by atoms with Gasteiger partial charge in [0.1, 0.15) is 17.4 Å². The summed E-state index contributed by atoms with van der Waals surface area (Å²) in [5, 5.41) is 13.1. The molecule has 0 fully saturated rings. The van der Waals surface area contributed by atoms with Gasteiger partial charge in [0.15, 0.2) is 15.5 Å². The van der Waals surface area contributed by atoms with Crippen LogP contribution in [-0.2, 0) is 9.84 Å². The maximum Gasteiger partial charge on any atom is 0.278 e. The quantitative estimate of drug-likeness (QED) is 0.756. The molecule has 9 heteroatoms. The van der Waals surface area contributed by atoms with Gasteiger partial charge in [-0.1, -0.05) is 13.8 Å². The zero-order valence-corrected chi connectivity index (χ0v) is 15.1. The molecule has 0 radical (unpaired) electrons. The Kier molecular flexibility index (Phi) is 4.16. The predicted octanol–water partition coefficient (Wildman–Crippen LogP) is 2.23. The molecule has 0 saturated carbocycles. The van der Waals surface area contributed by atoms with E-state index in [1.807, 2.05) is 6.07 Å². The van der Waals surface area contributed by atoms with Crippen LogP contribution < -0.4 is 5.56 Å². The van der Waals surface area contributed by atoms with E-state index in [9.17, 15) is 17.6 Å². The average Bonchev–Trinajstić information content (AvgIpc) is 2.96. The van der Waals surface area contributed by atoms with E-state index >= 15 is 0 Å². The summed E-state index contributed by atoms with van der Waals surface area (Å²) in [5.41, 5.74) is 0.376. The normalized spacial score (nSPS) is 11.8. The lowest BCUT2D eigenvalue weighted by Gasteiger charge is -2.14. The molecule has 0 spiro atoms. The van der Waals surface area contributed by atoms with E-state index in [-0.39, 0.29) is 38.8 Å². The SMILES string of the molecule is CC(C)c1c(-c2ccc(S(C)(=O)=O)cc2F)[nH]c2c(C#N)cnn2c1=O. The highest BCUT2D eigenvalue weighted by molar-refractivity contribution is 7.90. The molecule has 1 aromatic carbocycles. The molecule has 26 heavy (non-hydrogen) atoms. The lowest BCUT2D eigenvalue weighted by Crippen LogP contribution is -2.22. The highest BCUT2D eigenvalue weighted by Crippen LogP contribution is 2.29. The smallest absolute Gasteiger partial charge is 0.278 e. The molecular weight excluding hydrogens is 359 g/mol. The number of sulfone groups is 1. The second-order valence-corrected chi connectivity index (χ2v) is 8.23. The summed E-state index contributed by atoms with van der Waals surface area (Å²) in [4.78, 5) is 15.5. The monoisotopic (exact) mass is 374 g/mol. The van der Waals surface area contributed by atoms with Gasteiger partial charge in [-0.15, -0.1) is 0 Å². The van der Waals surface area contributed by atoms with Gasteiger partial charge >= 0.3 is 0 Å². The summed E-state index contributed by atoms with van der Waals surface area (Å²) >= 11 is 0. The molecular formula is C17H15FN4O3S. The van der Waals surface area contributed by atoms with Gasteiger partial charge in [-0.3, -0.25) is 4.79 Å². The summed E-state index contributed by atoms with van der Waals surface area (Å²) in [6, 6.07) is 5.42. The zero-order chi connectivity index (χ0) is 19.2. The summed E-state index contributed by atoms with van der Waals surface area (Å²) < 4.78 is 39.0. The molecule has 7 nitrogen and oxygen atoms in total. The molecule has 0 aliphatic rings. The van der Waals surface area contributed by atoms with Crippen molar-refractivity contribution in [2.24, 2.45) is 0 Å². The van der Waals surface area contributed by atoms with Crippen LogP contribution in [0.4, 0.5) is 4.39 Å². The van der Waals surface area contributed by atoms with Gasteiger partial charge in [-0.05, 0) is 24.1 Å². The minimum atomic E-state index is -3.56. The van der Waals surface area contributed by atoms with Crippen LogP contribution in [0.3, 0.4) is 0 Å². The largest absolute Gasteiger partial charge is 0.338 e. The summed E-state index contributed by atoms with van der Waals surface area (Å²) in [6.07, 6.45) is 2.24. The topological polar surface area (TPSA) is 108 Å². The Hall–Kier alpha value is -2.99. The Morgan fingerprint density at radius 3 is 2.58 bits per heavy atom. The van der Waals surface area contributed by atoms with Gasteiger partial charge in [-0.25, -0.2) is 12.8 Å². The van der Waals surface area contributed by atoms with Crippen molar-refractivity contribution in [1.29, 1.82) is 5.26 Å². The van der Waals surface area contributed by atoms with Crippen LogP contribution in [0, 0.1) is 17.1 Å². The number of hydrogen-bond acceptors (Lipinski definition) is 5. The number of nitriles is 1. The van der Waals surface area contributed by atoms with Crippen LogP contribution >= 0.6 is 0 Å². The van der Waals surface area contributed by atoms with E-state index in [1.165, 1.54) is 18.3 Å². The molecule has 0 unspecified atom stereocenters. The Morgan fingerprint density at radius 2 is 2.04 bits per heavy atom. The molecule has 0 amide bonds. The number of fused-ring (bicyclic) bond motifs is 1. The van der Waals surface area contributed by atoms with Crippen LogP contribution in [-0.4, -0.2) is 29.3 Å². The van der Waals surface area contributed by atoms with Gasteiger partial charge in [0.2, 0.25) is 0 Å². The number of hydrogen-bond donors (Lipinski definition) is 1. The van der Waals surface area contributed by atoms with Crippen molar-refractivity contribution < 1.29 is 12.8 Å². The average molecular weight is 374 g/mol. The number of nitrogens with one attached hydrogen (secondary N) is 1. The number of aromatic nitrogens is 3. The second kappa shape index (κ2) is 6.07. The van der Waals surface area contributed by atoms with Crippen molar-refractivity contribution in [2.45, 2.75) is 24.7 Å². The molecule has 0 aliphatic carbocycles. The van der Waals surface area contributed by atoms with Crippen molar-refractivity contribution in [2.75, 3.05) is 6.26 Å². The van der Waals surface area contributed by atoms with Crippen LogP contribution in [0.5, 0.6) is 0 Å². The molecule has 0 saturated heterocycles. The van der Waals surface area contributed by atoms with Gasteiger partial charge in [0, 0.05) is 17.4 Å². The second-order valence-electron chi connectivity index (χ2n) is 6.22. The van der Waals surface area contributed by atoms with Crippen molar-refractivity contribution >= 4 is 15.5 Å². The predicted molar refractivity (Wildman–Crippen MR) is 93.1 cm³/mol. The third kappa shape index (κ3) is 2.78. The first-order chi connectivity index (χ1) is 12.1. The van der Waals surface area contributed by atoms with Crippen LogP contribution in [0.15, 0.2) is 34.1 Å².